The van der Waals surface area contributed by atoms with E-state index in [1.54, 1.807) is 12.4 Å². The van der Waals surface area contributed by atoms with Crippen molar-refractivity contribution in [1.82, 2.24) is 15.0 Å². The first-order chi connectivity index (χ1) is 13.2. The molecule has 5 heteroatoms. The summed E-state index contributed by atoms with van der Waals surface area (Å²) < 4.78 is 0. The van der Waals surface area contributed by atoms with Gasteiger partial charge in [-0.25, -0.2) is 9.97 Å². The first-order valence-corrected chi connectivity index (χ1v) is 9.19. The molecule has 0 amide bonds. The average Bonchev–Trinajstić information content (AvgIpc) is 3.08. The molecule has 27 heavy (non-hydrogen) atoms. The van der Waals surface area contributed by atoms with E-state index >= 15 is 0 Å². The highest BCUT2D eigenvalue weighted by atomic mass is 15.5. The third-order valence-corrected chi connectivity index (χ3v) is 6.15. The van der Waals surface area contributed by atoms with Crippen LogP contribution in [0.3, 0.4) is 0 Å². The molecule has 2 aliphatic rings. The van der Waals surface area contributed by atoms with Crippen molar-refractivity contribution in [1.29, 1.82) is 0 Å². The van der Waals surface area contributed by atoms with Gasteiger partial charge in [0.25, 0.3) is 0 Å². The standard InChI is InChI=1S/C22H21N5/c1-4-22(3)15(2)21-26(16-9-11-23-12-10-16)19-20(25-14-13-24-19)27(21)18-8-6-5-7-17(18)22/h4-15,21H,1H2,2-3H3. The van der Waals surface area contributed by atoms with Crippen LogP contribution in [-0.2, 0) is 5.41 Å². The predicted octanol–water partition coefficient (Wildman–Crippen LogP) is 4.58. The highest BCUT2D eigenvalue weighted by Crippen LogP contribution is 2.56. The molecule has 3 unspecified atom stereocenters. The van der Waals surface area contributed by atoms with Crippen molar-refractivity contribution < 1.29 is 0 Å². The van der Waals surface area contributed by atoms with Gasteiger partial charge in [0, 0.05) is 47.5 Å². The van der Waals surface area contributed by atoms with Crippen LogP contribution in [0.5, 0.6) is 0 Å². The lowest BCUT2D eigenvalue weighted by molar-refractivity contribution is 0.312. The number of benzene rings is 1. The second kappa shape index (κ2) is 5.64. The van der Waals surface area contributed by atoms with Crippen LogP contribution in [-0.4, -0.2) is 21.1 Å². The molecule has 1 aromatic carbocycles. The Balaban J connectivity index is 1.81. The molecule has 0 bridgehead atoms. The van der Waals surface area contributed by atoms with Gasteiger partial charge in [-0.15, -0.1) is 6.58 Å². The van der Waals surface area contributed by atoms with E-state index < -0.39 is 0 Å². The number of pyridine rings is 1. The Morgan fingerprint density at radius 2 is 1.63 bits per heavy atom. The summed E-state index contributed by atoms with van der Waals surface area (Å²) in [7, 11) is 0. The van der Waals surface area contributed by atoms with E-state index in [1.165, 1.54) is 11.3 Å². The second-order valence-electron chi connectivity index (χ2n) is 7.36. The average molecular weight is 355 g/mol. The van der Waals surface area contributed by atoms with Crippen LogP contribution in [0.2, 0.25) is 0 Å². The largest absolute Gasteiger partial charge is 0.301 e. The van der Waals surface area contributed by atoms with E-state index in [1.807, 2.05) is 24.5 Å². The Kier molecular flexibility index (Phi) is 3.34. The van der Waals surface area contributed by atoms with Crippen molar-refractivity contribution in [2.75, 3.05) is 9.80 Å². The third kappa shape index (κ3) is 2.02. The van der Waals surface area contributed by atoms with Crippen LogP contribution < -0.4 is 9.80 Å². The Labute approximate surface area is 159 Å². The number of para-hydroxylation sites is 1. The van der Waals surface area contributed by atoms with Crippen LogP contribution in [0.1, 0.15) is 19.4 Å². The minimum atomic E-state index is -0.162. The smallest absolute Gasteiger partial charge is 0.178 e. The monoisotopic (exact) mass is 355 g/mol. The van der Waals surface area contributed by atoms with Crippen molar-refractivity contribution in [3.63, 3.8) is 0 Å². The topological polar surface area (TPSA) is 45.2 Å². The van der Waals surface area contributed by atoms with E-state index in [9.17, 15) is 0 Å². The molecule has 3 atom stereocenters. The van der Waals surface area contributed by atoms with Crippen molar-refractivity contribution >= 4 is 23.0 Å². The number of rotatable bonds is 2. The maximum Gasteiger partial charge on any atom is 0.178 e. The lowest BCUT2D eigenvalue weighted by atomic mass is 9.68. The second-order valence-corrected chi connectivity index (χ2v) is 7.36. The minimum absolute atomic E-state index is 0.0581. The van der Waals surface area contributed by atoms with Crippen molar-refractivity contribution in [3.05, 3.63) is 79.4 Å². The quantitative estimate of drug-likeness (QED) is 0.630. The van der Waals surface area contributed by atoms with Crippen LogP contribution in [0.15, 0.2) is 73.8 Å². The first kappa shape index (κ1) is 16.0. The molecule has 0 fully saturated rings. The highest BCUT2D eigenvalue weighted by molar-refractivity contribution is 5.86. The zero-order valence-electron chi connectivity index (χ0n) is 15.4. The van der Waals surface area contributed by atoms with Gasteiger partial charge in [0.1, 0.15) is 6.17 Å². The van der Waals surface area contributed by atoms with Crippen LogP contribution in [0.4, 0.5) is 23.0 Å². The molecule has 2 aliphatic heterocycles. The van der Waals surface area contributed by atoms with E-state index in [0.717, 1.165) is 17.3 Å². The molecule has 134 valence electrons. The van der Waals surface area contributed by atoms with E-state index in [2.05, 4.69) is 65.6 Å². The summed E-state index contributed by atoms with van der Waals surface area (Å²) in [6, 6.07) is 12.6. The number of fused-ring (bicyclic) bond motifs is 5. The van der Waals surface area contributed by atoms with Gasteiger partial charge in [-0.05, 0) is 23.8 Å². The molecule has 0 saturated heterocycles. The fourth-order valence-corrected chi connectivity index (χ4v) is 4.50. The zero-order chi connectivity index (χ0) is 18.6. The lowest BCUT2D eigenvalue weighted by Crippen LogP contribution is -2.54. The number of hydrogen-bond donors (Lipinski definition) is 0. The summed E-state index contributed by atoms with van der Waals surface area (Å²) in [6.07, 6.45) is 9.31. The third-order valence-electron chi connectivity index (χ3n) is 6.15. The minimum Gasteiger partial charge on any atom is -0.301 e. The van der Waals surface area contributed by atoms with E-state index in [0.29, 0.717) is 0 Å². The van der Waals surface area contributed by atoms with Crippen molar-refractivity contribution in [3.8, 4) is 0 Å². The molecule has 0 N–H and O–H groups in total. The summed E-state index contributed by atoms with van der Waals surface area (Å²) in [5, 5.41) is 0. The highest BCUT2D eigenvalue weighted by Gasteiger charge is 2.53. The van der Waals surface area contributed by atoms with Gasteiger partial charge in [0.15, 0.2) is 11.6 Å². The van der Waals surface area contributed by atoms with Crippen molar-refractivity contribution in [2.24, 2.45) is 5.92 Å². The predicted molar refractivity (Wildman–Crippen MR) is 107 cm³/mol. The Morgan fingerprint density at radius 3 is 2.33 bits per heavy atom. The summed E-state index contributed by atoms with van der Waals surface area (Å²) in [6.45, 7) is 8.75. The Bertz CT molecular complexity index is 1020. The Morgan fingerprint density at radius 1 is 0.963 bits per heavy atom. The van der Waals surface area contributed by atoms with Gasteiger partial charge in [0.05, 0.1) is 0 Å². The van der Waals surface area contributed by atoms with Gasteiger partial charge in [-0.1, -0.05) is 38.1 Å². The molecular formula is C22H21N5. The molecule has 0 aliphatic carbocycles. The maximum atomic E-state index is 4.71. The lowest BCUT2D eigenvalue weighted by Gasteiger charge is -2.49. The van der Waals surface area contributed by atoms with Gasteiger partial charge >= 0.3 is 0 Å². The summed E-state index contributed by atoms with van der Waals surface area (Å²) in [4.78, 5) is 18.2. The SMILES string of the molecule is C=CC1(C)c2ccccc2N2c3nccnc3N(c3ccncc3)C2C1C. The molecule has 4 heterocycles. The first-order valence-electron chi connectivity index (χ1n) is 9.19. The summed E-state index contributed by atoms with van der Waals surface area (Å²) >= 11 is 0. The van der Waals surface area contributed by atoms with Crippen LogP contribution in [0, 0.1) is 5.92 Å². The zero-order valence-corrected chi connectivity index (χ0v) is 15.4. The summed E-state index contributed by atoms with van der Waals surface area (Å²) in [5.41, 5.74) is 3.35. The molecule has 2 aromatic heterocycles. The fourth-order valence-electron chi connectivity index (χ4n) is 4.50. The normalized spacial score (nSPS) is 25.6. The molecule has 0 spiro atoms. The van der Waals surface area contributed by atoms with Gasteiger partial charge in [-0.3, -0.25) is 4.98 Å². The molecule has 5 nitrogen and oxygen atoms in total. The number of nitrogens with zero attached hydrogens (tertiary/aromatic N) is 5. The Hall–Kier alpha value is -3.21. The van der Waals surface area contributed by atoms with Gasteiger partial charge < -0.3 is 9.80 Å². The number of anilines is 4. The fraction of sp³-hybridized carbons (Fsp3) is 0.227. The van der Waals surface area contributed by atoms with E-state index in [-0.39, 0.29) is 17.5 Å². The number of allylic oxidation sites excluding steroid dienone is 1. The van der Waals surface area contributed by atoms with Gasteiger partial charge in [-0.2, -0.15) is 0 Å². The summed E-state index contributed by atoms with van der Waals surface area (Å²) in [5.74, 6) is 2.03. The van der Waals surface area contributed by atoms with Crippen LogP contribution in [0.25, 0.3) is 0 Å². The number of aromatic nitrogens is 3. The molecule has 0 saturated carbocycles. The maximum absolute atomic E-state index is 4.71. The molecule has 0 radical (unpaired) electrons. The number of hydrogen-bond acceptors (Lipinski definition) is 5. The van der Waals surface area contributed by atoms with Gasteiger partial charge in [0.2, 0.25) is 0 Å². The van der Waals surface area contributed by atoms with E-state index in [4.69, 9.17) is 9.97 Å². The van der Waals surface area contributed by atoms with Crippen LogP contribution >= 0.6 is 0 Å². The molecule has 5 rings (SSSR count). The molecular weight excluding hydrogens is 334 g/mol. The van der Waals surface area contributed by atoms with Crippen molar-refractivity contribution in [2.45, 2.75) is 25.4 Å². The molecule has 3 aromatic rings.